The molecule has 0 bridgehead atoms. The fraction of sp³-hybridized carbons (Fsp3) is 0.400. The average Bonchev–Trinajstić information content (AvgIpc) is 2.21. The van der Waals surface area contributed by atoms with Crippen molar-refractivity contribution in [3.8, 4) is 0 Å². The fourth-order valence-corrected chi connectivity index (χ4v) is 2.63. The lowest BCUT2D eigenvalue weighted by atomic mass is 10.1. The highest BCUT2D eigenvalue weighted by molar-refractivity contribution is 14.1. The number of hydrogen-bond acceptors (Lipinski definition) is 3. The molecule has 0 saturated carbocycles. The van der Waals surface area contributed by atoms with Crippen molar-refractivity contribution in [2.75, 3.05) is 13.7 Å². The third kappa shape index (κ3) is 3.99. The van der Waals surface area contributed by atoms with Crippen LogP contribution < -0.4 is 0 Å². The van der Waals surface area contributed by atoms with Crippen LogP contribution in [-0.2, 0) is 11.2 Å². The lowest BCUT2D eigenvalue weighted by molar-refractivity contribution is -0.385. The molecule has 0 saturated heterocycles. The van der Waals surface area contributed by atoms with E-state index in [-0.39, 0.29) is 15.4 Å². The normalized spacial score (nSPS) is 12.4. The Hall–Kier alpha value is -0.210. The smallest absolute Gasteiger partial charge is 0.270 e. The molecule has 0 aliphatic rings. The second-order valence-electron chi connectivity index (χ2n) is 3.29. The number of non-ortho nitro benzene ring substituents is 1. The van der Waals surface area contributed by atoms with Gasteiger partial charge in [-0.25, -0.2) is 0 Å². The van der Waals surface area contributed by atoms with Gasteiger partial charge in [-0.15, -0.1) is 0 Å². The summed E-state index contributed by atoms with van der Waals surface area (Å²) >= 11 is 5.61. The van der Waals surface area contributed by atoms with Crippen LogP contribution in [-0.4, -0.2) is 23.5 Å². The lowest BCUT2D eigenvalue weighted by Crippen LogP contribution is -2.10. The Morgan fingerprint density at radius 1 is 1.62 bits per heavy atom. The summed E-state index contributed by atoms with van der Waals surface area (Å²) in [5, 5.41) is 10.6. The first-order chi connectivity index (χ1) is 7.54. The van der Waals surface area contributed by atoms with Crippen LogP contribution in [0.4, 0.5) is 5.69 Å². The van der Waals surface area contributed by atoms with Crippen molar-refractivity contribution in [1.82, 2.24) is 0 Å². The molecule has 0 aromatic heterocycles. The molecule has 1 atom stereocenters. The van der Waals surface area contributed by atoms with Crippen LogP contribution in [0.3, 0.4) is 0 Å². The third-order valence-corrected chi connectivity index (χ3v) is 3.63. The molecule has 0 fully saturated rings. The Labute approximate surface area is 116 Å². The molecule has 0 aliphatic heterocycles. The minimum atomic E-state index is -0.382. The van der Waals surface area contributed by atoms with Crippen molar-refractivity contribution in [2.24, 2.45) is 0 Å². The van der Waals surface area contributed by atoms with Crippen molar-refractivity contribution in [3.05, 3.63) is 37.4 Å². The molecular formula is C10H11BrINO3. The van der Waals surface area contributed by atoms with Crippen LogP contribution in [0.15, 0.2) is 18.2 Å². The molecular weight excluding hydrogens is 389 g/mol. The predicted molar refractivity (Wildman–Crippen MR) is 74.1 cm³/mol. The molecule has 16 heavy (non-hydrogen) atoms. The van der Waals surface area contributed by atoms with Crippen LogP contribution in [0.2, 0.25) is 0 Å². The summed E-state index contributed by atoms with van der Waals surface area (Å²) in [5.74, 6) is 0. The van der Waals surface area contributed by atoms with Gasteiger partial charge in [0.05, 0.1) is 11.5 Å². The molecule has 0 spiro atoms. The minimum Gasteiger partial charge on any atom is -0.384 e. The van der Waals surface area contributed by atoms with E-state index in [4.69, 9.17) is 4.74 Å². The summed E-state index contributed by atoms with van der Waals surface area (Å²) in [6, 6.07) is 4.91. The summed E-state index contributed by atoms with van der Waals surface area (Å²) in [6.07, 6.45) is 0.796. The van der Waals surface area contributed by atoms with E-state index in [1.165, 1.54) is 6.07 Å². The highest BCUT2D eigenvalue weighted by Gasteiger charge is 2.12. The van der Waals surface area contributed by atoms with Gasteiger partial charge in [-0.3, -0.25) is 10.1 Å². The average molecular weight is 400 g/mol. The van der Waals surface area contributed by atoms with E-state index < -0.39 is 0 Å². The maximum Gasteiger partial charge on any atom is 0.270 e. The minimum absolute atomic E-state index is 0.131. The molecule has 6 heteroatoms. The number of nitro groups is 1. The maximum atomic E-state index is 10.6. The van der Waals surface area contributed by atoms with Crippen LogP contribution in [0.25, 0.3) is 0 Å². The zero-order chi connectivity index (χ0) is 12.1. The summed E-state index contributed by atoms with van der Waals surface area (Å²) < 4.78 is 5.93. The number of benzene rings is 1. The number of alkyl halides is 1. The largest absolute Gasteiger partial charge is 0.384 e. The van der Waals surface area contributed by atoms with Gasteiger partial charge in [-0.1, -0.05) is 22.0 Å². The standard InChI is InChI=1S/C10H11BrINO3/c1-16-6-8(11)4-7-2-3-9(13(14)15)5-10(7)12/h2-3,5,8H,4,6H2,1H3. The van der Waals surface area contributed by atoms with E-state index in [1.807, 2.05) is 0 Å². The molecule has 88 valence electrons. The highest BCUT2D eigenvalue weighted by atomic mass is 127. The van der Waals surface area contributed by atoms with Gasteiger partial charge >= 0.3 is 0 Å². The summed E-state index contributed by atoms with van der Waals surface area (Å²) in [6.45, 7) is 0.618. The zero-order valence-electron chi connectivity index (χ0n) is 8.65. The summed E-state index contributed by atoms with van der Waals surface area (Å²) in [5.41, 5.74) is 1.22. The van der Waals surface area contributed by atoms with E-state index in [0.717, 1.165) is 15.6 Å². The molecule has 0 N–H and O–H groups in total. The van der Waals surface area contributed by atoms with Gasteiger partial charge in [0.25, 0.3) is 5.69 Å². The lowest BCUT2D eigenvalue weighted by Gasteiger charge is -2.09. The number of nitro benzene ring substituents is 1. The van der Waals surface area contributed by atoms with E-state index in [2.05, 4.69) is 38.5 Å². The molecule has 0 amide bonds. The van der Waals surface area contributed by atoms with Gasteiger partial charge < -0.3 is 4.74 Å². The van der Waals surface area contributed by atoms with Crippen molar-refractivity contribution in [2.45, 2.75) is 11.2 Å². The number of methoxy groups -OCH3 is 1. The Balaban J connectivity index is 2.79. The van der Waals surface area contributed by atoms with Crippen LogP contribution in [0.1, 0.15) is 5.56 Å². The van der Waals surface area contributed by atoms with E-state index in [0.29, 0.717) is 6.61 Å². The fourth-order valence-electron chi connectivity index (χ4n) is 1.29. The van der Waals surface area contributed by atoms with Gasteiger partial charge in [-0.2, -0.15) is 0 Å². The molecule has 0 aliphatic carbocycles. The number of halogens is 2. The SMILES string of the molecule is COCC(Br)Cc1ccc([N+](=O)[O-])cc1I. The van der Waals surface area contributed by atoms with Crippen molar-refractivity contribution >= 4 is 44.2 Å². The Morgan fingerprint density at radius 2 is 2.31 bits per heavy atom. The first kappa shape index (κ1) is 13.9. The summed E-state index contributed by atoms with van der Waals surface area (Å²) in [4.78, 5) is 10.4. The molecule has 1 aromatic carbocycles. The zero-order valence-corrected chi connectivity index (χ0v) is 12.4. The first-order valence-electron chi connectivity index (χ1n) is 4.60. The quantitative estimate of drug-likeness (QED) is 0.331. The van der Waals surface area contributed by atoms with Crippen molar-refractivity contribution < 1.29 is 9.66 Å². The van der Waals surface area contributed by atoms with Gasteiger partial charge in [0.2, 0.25) is 0 Å². The van der Waals surface area contributed by atoms with Gasteiger partial charge in [0, 0.05) is 27.6 Å². The highest BCUT2D eigenvalue weighted by Crippen LogP contribution is 2.22. The van der Waals surface area contributed by atoms with Crippen LogP contribution in [0.5, 0.6) is 0 Å². The van der Waals surface area contributed by atoms with Crippen molar-refractivity contribution in [1.29, 1.82) is 0 Å². The van der Waals surface area contributed by atoms with Crippen molar-refractivity contribution in [3.63, 3.8) is 0 Å². The number of hydrogen-bond donors (Lipinski definition) is 0. The Bertz CT molecular complexity index is 386. The van der Waals surface area contributed by atoms with Gasteiger partial charge in [0.15, 0.2) is 0 Å². The second kappa shape index (κ2) is 6.51. The molecule has 0 radical (unpaired) electrons. The number of nitrogens with zero attached hydrogens (tertiary/aromatic N) is 1. The van der Waals surface area contributed by atoms with Crippen LogP contribution >= 0.6 is 38.5 Å². The van der Waals surface area contributed by atoms with Gasteiger partial charge in [0.1, 0.15) is 0 Å². The molecule has 0 heterocycles. The number of rotatable bonds is 5. The summed E-state index contributed by atoms with van der Waals surface area (Å²) in [7, 11) is 1.65. The predicted octanol–water partition coefficient (Wildman–Crippen LogP) is 3.15. The first-order valence-corrected chi connectivity index (χ1v) is 6.60. The second-order valence-corrected chi connectivity index (χ2v) is 5.75. The monoisotopic (exact) mass is 399 g/mol. The van der Waals surface area contributed by atoms with E-state index in [9.17, 15) is 10.1 Å². The topological polar surface area (TPSA) is 52.4 Å². The molecule has 4 nitrogen and oxygen atoms in total. The molecule has 1 unspecified atom stereocenters. The Kier molecular flexibility index (Phi) is 5.63. The molecule has 1 aromatic rings. The maximum absolute atomic E-state index is 10.6. The number of ether oxygens (including phenoxy) is 1. The van der Waals surface area contributed by atoms with Gasteiger partial charge in [-0.05, 0) is 34.6 Å². The van der Waals surface area contributed by atoms with E-state index in [1.54, 1.807) is 19.2 Å². The van der Waals surface area contributed by atoms with Crippen LogP contribution in [0, 0.1) is 13.7 Å². The van der Waals surface area contributed by atoms with E-state index >= 15 is 0 Å². The Morgan fingerprint density at radius 3 is 2.81 bits per heavy atom. The third-order valence-electron chi connectivity index (χ3n) is 2.04. The molecule has 1 rings (SSSR count).